The maximum Gasteiger partial charge on any atom is 0.242 e. The number of nitrogen functional groups attached to an aromatic ring is 1. The number of carbonyl (C=O) groups is 1. The van der Waals surface area contributed by atoms with E-state index in [9.17, 15) is 4.79 Å². The Labute approximate surface area is 115 Å². The standard InChI is InChI=1S/C15H23N3O/c1-3-17(4-2)15(19)11-18-10-6-7-12-13(16)8-5-9-14(12)18/h5,8-9H,3-4,6-7,10-11,16H2,1-2H3. The fraction of sp³-hybridized carbons (Fsp3) is 0.533. The second kappa shape index (κ2) is 5.95. The molecule has 0 aromatic heterocycles. The Balaban J connectivity index is 2.16. The number of likely N-dealkylation sites (N-methyl/N-ethyl adjacent to an activating group) is 1. The molecule has 1 aromatic carbocycles. The van der Waals surface area contributed by atoms with E-state index in [1.165, 1.54) is 5.56 Å². The lowest BCUT2D eigenvalue weighted by Crippen LogP contribution is -2.42. The van der Waals surface area contributed by atoms with Crippen molar-refractivity contribution in [1.29, 1.82) is 0 Å². The average molecular weight is 261 g/mol. The summed E-state index contributed by atoms with van der Waals surface area (Å²) >= 11 is 0. The first kappa shape index (κ1) is 13.7. The molecule has 0 fully saturated rings. The van der Waals surface area contributed by atoms with Gasteiger partial charge in [0.15, 0.2) is 0 Å². The molecule has 0 saturated carbocycles. The summed E-state index contributed by atoms with van der Waals surface area (Å²) in [7, 11) is 0. The number of fused-ring (bicyclic) bond motifs is 1. The first-order chi connectivity index (χ1) is 9.17. The highest BCUT2D eigenvalue weighted by Crippen LogP contribution is 2.30. The third-order valence-electron chi connectivity index (χ3n) is 3.83. The van der Waals surface area contributed by atoms with Gasteiger partial charge in [-0.3, -0.25) is 4.79 Å². The Kier molecular flexibility index (Phi) is 4.30. The van der Waals surface area contributed by atoms with Crippen molar-refractivity contribution in [2.75, 3.05) is 36.8 Å². The zero-order valence-corrected chi connectivity index (χ0v) is 11.9. The molecule has 0 saturated heterocycles. The van der Waals surface area contributed by atoms with Crippen molar-refractivity contribution < 1.29 is 4.79 Å². The minimum absolute atomic E-state index is 0.195. The predicted octanol–water partition coefficient (Wildman–Crippen LogP) is 1.89. The van der Waals surface area contributed by atoms with Gasteiger partial charge in [-0.1, -0.05) is 6.07 Å². The third-order valence-corrected chi connectivity index (χ3v) is 3.83. The quantitative estimate of drug-likeness (QED) is 0.842. The monoisotopic (exact) mass is 261 g/mol. The van der Waals surface area contributed by atoms with Crippen molar-refractivity contribution in [3.8, 4) is 0 Å². The summed E-state index contributed by atoms with van der Waals surface area (Å²) in [4.78, 5) is 16.3. The zero-order valence-electron chi connectivity index (χ0n) is 11.9. The summed E-state index contributed by atoms with van der Waals surface area (Å²) in [5.41, 5.74) is 9.20. The van der Waals surface area contributed by atoms with Crippen molar-refractivity contribution >= 4 is 17.3 Å². The molecular formula is C15H23N3O. The van der Waals surface area contributed by atoms with E-state index in [4.69, 9.17) is 5.73 Å². The summed E-state index contributed by atoms with van der Waals surface area (Å²) in [6.07, 6.45) is 2.07. The van der Waals surface area contributed by atoms with Gasteiger partial charge in [0, 0.05) is 31.0 Å². The van der Waals surface area contributed by atoms with Gasteiger partial charge in [-0.2, -0.15) is 0 Å². The van der Waals surface area contributed by atoms with Crippen molar-refractivity contribution in [2.24, 2.45) is 0 Å². The molecule has 0 spiro atoms. The maximum atomic E-state index is 12.2. The van der Waals surface area contributed by atoms with E-state index in [1.807, 2.05) is 30.9 Å². The van der Waals surface area contributed by atoms with Gasteiger partial charge in [0.1, 0.15) is 0 Å². The molecular weight excluding hydrogens is 238 g/mol. The zero-order chi connectivity index (χ0) is 13.8. The molecule has 0 bridgehead atoms. The lowest BCUT2D eigenvalue weighted by Gasteiger charge is -2.33. The Bertz CT molecular complexity index is 455. The lowest BCUT2D eigenvalue weighted by molar-refractivity contribution is -0.129. The number of amides is 1. The van der Waals surface area contributed by atoms with Crippen LogP contribution in [0.15, 0.2) is 18.2 Å². The molecule has 1 aromatic rings. The minimum Gasteiger partial charge on any atom is -0.398 e. The molecule has 0 atom stereocenters. The topological polar surface area (TPSA) is 49.6 Å². The van der Waals surface area contributed by atoms with E-state index in [0.717, 1.165) is 43.9 Å². The van der Waals surface area contributed by atoms with Gasteiger partial charge in [-0.25, -0.2) is 0 Å². The summed E-state index contributed by atoms with van der Waals surface area (Å²) in [5.74, 6) is 0.195. The molecule has 1 amide bonds. The first-order valence-corrected chi connectivity index (χ1v) is 7.07. The molecule has 4 heteroatoms. The van der Waals surface area contributed by atoms with Crippen LogP contribution in [0.1, 0.15) is 25.8 Å². The third kappa shape index (κ3) is 2.83. The highest BCUT2D eigenvalue weighted by molar-refractivity contribution is 5.82. The molecule has 0 radical (unpaired) electrons. The van der Waals surface area contributed by atoms with Crippen molar-refractivity contribution in [3.63, 3.8) is 0 Å². The molecule has 4 nitrogen and oxygen atoms in total. The van der Waals surface area contributed by atoms with Gasteiger partial charge >= 0.3 is 0 Å². The number of benzene rings is 1. The van der Waals surface area contributed by atoms with Crippen LogP contribution >= 0.6 is 0 Å². The average Bonchev–Trinajstić information content (AvgIpc) is 2.41. The predicted molar refractivity (Wildman–Crippen MR) is 79.3 cm³/mol. The van der Waals surface area contributed by atoms with E-state index in [0.29, 0.717) is 6.54 Å². The molecule has 1 heterocycles. The van der Waals surface area contributed by atoms with Crippen LogP contribution in [0.5, 0.6) is 0 Å². The van der Waals surface area contributed by atoms with E-state index in [1.54, 1.807) is 0 Å². The highest BCUT2D eigenvalue weighted by atomic mass is 16.2. The van der Waals surface area contributed by atoms with Gasteiger partial charge < -0.3 is 15.5 Å². The summed E-state index contributed by atoms with van der Waals surface area (Å²) in [5, 5.41) is 0. The fourth-order valence-electron chi connectivity index (χ4n) is 2.73. The fourth-order valence-corrected chi connectivity index (χ4v) is 2.73. The van der Waals surface area contributed by atoms with Gasteiger partial charge in [0.05, 0.1) is 6.54 Å². The van der Waals surface area contributed by atoms with Crippen molar-refractivity contribution in [3.05, 3.63) is 23.8 Å². The van der Waals surface area contributed by atoms with Gasteiger partial charge in [-0.15, -0.1) is 0 Å². The lowest BCUT2D eigenvalue weighted by atomic mass is 10.00. The molecule has 104 valence electrons. The largest absolute Gasteiger partial charge is 0.398 e. The number of hydrogen-bond acceptors (Lipinski definition) is 3. The first-order valence-electron chi connectivity index (χ1n) is 7.07. The maximum absolute atomic E-state index is 12.2. The van der Waals surface area contributed by atoms with Crippen LogP contribution in [0.4, 0.5) is 11.4 Å². The highest BCUT2D eigenvalue weighted by Gasteiger charge is 2.21. The van der Waals surface area contributed by atoms with Crippen LogP contribution in [0.25, 0.3) is 0 Å². The molecule has 0 unspecified atom stereocenters. The number of anilines is 2. The number of rotatable bonds is 4. The van der Waals surface area contributed by atoms with Gasteiger partial charge in [-0.05, 0) is 44.4 Å². The second-order valence-electron chi connectivity index (χ2n) is 4.94. The van der Waals surface area contributed by atoms with E-state index in [-0.39, 0.29) is 5.91 Å². The molecule has 1 aliphatic heterocycles. The van der Waals surface area contributed by atoms with Crippen LogP contribution < -0.4 is 10.6 Å². The number of nitrogens with two attached hydrogens (primary N) is 1. The normalized spacial score (nSPS) is 14.1. The minimum atomic E-state index is 0.195. The number of hydrogen-bond donors (Lipinski definition) is 1. The number of nitrogens with zero attached hydrogens (tertiary/aromatic N) is 2. The van der Waals surface area contributed by atoms with Crippen molar-refractivity contribution in [2.45, 2.75) is 26.7 Å². The Hall–Kier alpha value is -1.71. The molecule has 19 heavy (non-hydrogen) atoms. The van der Waals surface area contributed by atoms with Crippen LogP contribution in [-0.2, 0) is 11.2 Å². The molecule has 1 aliphatic rings. The molecule has 0 aliphatic carbocycles. The summed E-state index contributed by atoms with van der Waals surface area (Å²) in [6.45, 7) is 6.97. The van der Waals surface area contributed by atoms with Crippen LogP contribution in [0.2, 0.25) is 0 Å². The van der Waals surface area contributed by atoms with Gasteiger partial charge in [0.2, 0.25) is 5.91 Å². The Morgan fingerprint density at radius 2 is 2.11 bits per heavy atom. The van der Waals surface area contributed by atoms with Gasteiger partial charge in [0.25, 0.3) is 0 Å². The van der Waals surface area contributed by atoms with Crippen LogP contribution in [0, 0.1) is 0 Å². The Morgan fingerprint density at radius 3 is 2.79 bits per heavy atom. The molecule has 2 N–H and O–H groups in total. The van der Waals surface area contributed by atoms with Crippen LogP contribution in [-0.4, -0.2) is 37.0 Å². The van der Waals surface area contributed by atoms with Crippen molar-refractivity contribution in [1.82, 2.24) is 4.90 Å². The molecule has 2 rings (SSSR count). The summed E-state index contributed by atoms with van der Waals surface area (Å²) in [6, 6.07) is 5.98. The SMILES string of the molecule is CCN(CC)C(=O)CN1CCCc2c(N)cccc21. The van der Waals surface area contributed by atoms with E-state index >= 15 is 0 Å². The van der Waals surface area contributed by atoms with Crippen LogP contribution in [0.3, 0.4) is 0 Å². The number of carbonyl (C=O) groups excluding carboxylic acids is 1. The smallest absolute Gasteiger partial charge is 0.242 e. The Morgan fingerprint density at radius 1 is 1.37 bits per heavy atom. The second-order valence-corrected chi connectivity index (χ2v) is 4.94. The van der Waals surface area contributed by atoms with E-state index in [2.05, 4.69) is 11.0 Å². The summed E-state index contributed by atoms with van der Waals surface area (Å²) < 4.78 is 0. The van der Waals surface area contributed by atoms with E-state index < -0.39 is 0 Å².